The van der Waals surface area contributed by atoms with Gasteiger partial charge in [0.15, 0.2) is 0 Å². The molecule has 1 aromatic rings. The second-order valence-corrected chi connectivity index (χ2v) is 8.08. The van der Waals surface area contributed by atoms with E-state index in [-0.39, 0.29) is 17.7 Å². The highest BCUT2D eigenvalue weighted by Gasteiger charge is 2.25. The maximum Gasteiger partial charge on any atom is 0.251 e. The third kappa shape index (κ3) is 7.50. The fourth-order valence-electron chi connectivity index (χ4n) is 3.31. The Morgan fingerprint density at radius 2 is 1.57 bits per heavy atom. The molecule has 28 heavy (non-hydrogen) atoms. The Morgan fingerprint density at radius 1 is 1.00 bits per heavy atom. The number of nitrogens with one attached hydrogen (secondary N) is 3. The molecule has 0 aliphatic carbocycles. The molecule has 0 radical (unpaired) electrons. The molecule has 0 heterocycles. The molecule has 6 nitrogen and oxygen atoms in total. The highest BCUT2D eigenvalue weighted by atomic mass is 16.5. The largest absolute Gasteiger partial charge is 0.494 e. The number of quaternary nitrogens is 1. The van der Waals surface area contributed by atoms with E-state index in [1.54, 1.807) is 24.3 Å². The minimum atomic E-state index is -0.569. The van der Waals surface area contributed by atoms with E-state index >= 15 is 0 Å². The quantitative estimate of drug-likeness (QED) is 0.536. The second-order valence-electron chi connectivity index (χ2n) is 8.08. The molecule has 0 bridgehead atoms. The van der Waals surface area contributed by atoms with Crippen LogP contribution in [0.25, 0.3) is 0 Å². The Hall–Kier alpha value is -2.08. The molecule has 0 aromatic heterocycles. The van der Waals surface area contributed by atoms with Crippen molar-refractivity contribution in [1.29, 1.82) is 0 Å². The first-order valence-electron chi connectivity index (χ1n) is 10.3. The fourth-order valence-corrected chi connectivity index (χ4v) is 3.31. The number of amides is 2. The summed E-state index contributed by atoms with van der Waals surface area (Å²) >= 11 is 0. The van der Waals surface area contributed by atoms with Crippen molar-refractivity contribution in [2.24, 2.45) is 5.92 Å². The minimum absolute atomic E-state index is 0.00899. The Labute approximate surface area is 170 Å². The topological polar surface area (TPSA) is 71.9 Å². The van der Waals surface area contributed by atoms with Gasteiger partial charge in [0.1, 0.15) is 11.8 Å². The van der Waals surface area contributed by atoms with Gasteiger partial charge in [-0.2, -0.15) is 0 Å². The molecule has 0 unspecified atom stereocenters. The van der Waals surface area contributed by atoms with E-state index in [0.29, 0.717) is 30.8 Å². The van der Waals surface area contributed by atoms with Crippen molar-refractivity contribution < 1.29 is 19.2 Å². The number of hydrogen-bond donors (Lipinski definition) is 3. The van der Waals surface area contributed by atoms with Gasteiger partial charge in [-0.1, -0.05) is 13.8 Å². The van der Waals surface area contributed by atoms with Crippen molar-refractivity contribution in [3.63, 3.8) is 0 Å². The van der Waals surface area contributed by atoms with Crippen LogP contribution in [0.5, 0.6) is 5.75 Å². The second kappa shape index (κ2) is 11.7. The molecule has 6 heteroatoms. The van der Waals surface area contributed by atoms with Gasteiger partial charge in [-0.15, -0.1) is 0 Å². The van der Waals surface area contributed by atoms with E-state index in [1.165, 1.54) is 4.90 Å². The lowest BCUT2D eigenvalue weighted by Gasteiger charge is -2.28. The predicted molar refractivity (Wildman–Crippen MR) is 113 cm³/mol. The summed E-state index contributed by atoms with van der Waals surface area (Å²) in [5.74, 6) is 0.319. The number of carbonyl (C=O) groups is 2. The van der Waals surface area contributed by atoms with Crippen LogP contribution in [0.15, 0.2) is 24.3 Å². The summed E-state index contributed by atoms with van der Waals surface area (Å²) < 4.78 is 5.40. The van der Waals surface area contributed by atoms with E-state index in [2.05, 4.69) is 38.3 Å². The molecule has 1 aromatic carbocycles. The van der Waals surface area contributed by atoms with Gasteiger partial charge < -0.3 is 20.3 Å². The standard InChI is InChI=1S/C22H37N3O3/c1-8-28-19-11-9-18(10-12-19)21(26)24-20(15(2)3)22(27)23-13-14-25(16(4)5)17(6)7/h9-12,15-17,20H,8,13-14H2,1-7H3,(H,23,27)(H,24,26)/p+1/t20-/m1/s1. The summed E-state index contributed by atoms with van der Waals surface area (Å²) in [7, 11) is 0. The van der Waals surface area contributed by atoms with Crippen LogP contribution in [0.1, 0.15) is 58.8 Å². The van der Waals surface area contributed by atoms with E-state index in [1.807, 2.05) is 20.8 Å². The summed E-state index contributed by atoms with van der Waals surface area (Å²) in [6, 6.07) is 7.37. The molecule has 1 atom stereocenters. The van der Waals surface area contributed by atoms with Crippen molar-refractivity contribution in [1.82, 2.24) is 10.6 Å². The summed E-state index contributed by atoms with van der Waals surface area (Å²) in [6.07, 6.45) is 0. The molecule has 158 valence electrons. The lowest BCUT2D eigenvalue weighted by molar-refractivity contribution is -0.941. The zero-order chi connectivity index (χ0) is 21.3. The Morgan fingerprint density at radius 3 is 2.04 bits per heavy atom. The summed E-state index contributed by atoms with van der Waals surface area (Å²) in [4.78, 5) is 26.7. The maximum absolute atomic E-state index is 12.7. The van der Waals surface area contributed by atoms with Crippen LogP contribution in [-0.4, -0.2) is 49.6 Å². The molecule has 0 saturated heterocycles. The van der Waals surface area contributed by atoms with Gasteiger partial charge >= 0.3 is 0 Å². The Bertz CT molecular complexity index is 604. The van der Waals surface area contributed by atoms with E-state index < -0.39 is 6.04 Å². The Kier molecular flexibility index (Phi) is 10.0. The van der Waals surface area contributed by atoms with Crippen LogP contribution in [-0.2, 0) is 4.79 Å². The molecule has 0 aliphatic heterocycles. The number of carbonyl (C=O) groups excluding carboxylic acids is 2. The van der Waals surface area contributed by atoms with Crippen LogP contribution < -0.4 is 20.3 Å². The molecule has 0 aliphatic rings. The normalized spacial score (nSPS) is 12.5. The molecule has 2 amide bonds. The van der Waals surface area contributed by atoms with Gasteiger partial charge in [0.2, 0.25) is 5.91 Å². The Balaban J connectivity index is 2.66. The molecular weight excluding hydrogens is 354 g/mol. The third-order valence-electron chi connectivity index (χ3n) is 4.86. The fraction of sp³-hybridized carbons (Fsp3) is 0.636. The van der Waals surface area contributed by atoms with Crippen LogP contribution in [0.4, 0.5) is 0 Å². The molecule has 1 rings (SSSR count). The van der Waals surface area contributed by atoms with Crippen LogP contribution in [0.3, 0.4) is 0 Å². The number of hydrogen-bond acceptors (Lipinski definition) is 3. The molecular formula is C22H38N3O3+. The SMILES string of the molecule is CCOc1ccc(C(=O)N[C@@H](C(=O)NCC[NH+](C(C)C)C(C)C)C(C)C)cc1. The number of rotatable bonds is 11. The van der Waals surface area contributed by atoms with Gasteiger partial charge in [-0.25, -0.2) is 0 Å². The van der Waals surface area contributed by atoms with E-state index in [0.717, 1.165) is 12.3 Å². The first kappa shape index (κ1) is 24.0. The molecule has 0 spiro atoms. The highest BCUT2D eigenvalue weighted by molar-refractivity contribution is 5.97. The lowest BCUT2D eigenvalue weighted by atomic mass is 10.0. The molecule has 0 fully saturated rings. The summed E-state index contributed by atoms with van der Waals surface area (Å²) in [5.41, 5.74) is 0.511. The van der Waals surface area contributed by atoms with Gasteiger partial charge in [0.25, 0.3) is 5.91 Å². The van der Waals surface area contributed by atoms with Crippen molar-refractivity contribution in [3.8, 4) is 5.75 Å². The number of ether oxygens (including phenoxy) is 1. The predicted octanol–water partition coefficient (Wildman–Crippen LogP) is 1.66. The van der Waals surface area contributed by atoms with Crippen molar-refractivity contribution in [3.05, 3.63) is 29.8 Å². The van der Waals surface area contributed by atoms with Crippen molar-refractivity contribution in [2.75, 3.05) is 19.7 Å². The first-order valence-corrected chi connectivity index (χ1v) is 10.3. The van der Waals surface area contributed by atoms with Crippen LogP contribution in [0.2, 0.25) is 0 Å². The molecule has 3 N–H and O–H groups in total. The lowest BCUT2D eigenvalue weighted by Crippen LogP contribution is -3.18. The maximum atomic E-state index is 12.7. The van der Waals surface area contributed by atoms with Crippen LogP contribution >= 0.6 is 0 Å². The zero-order valence-corrected chi connectivity index (χ0v) is 18.5. The average Bonchev–Trinajstić information content (AvgIpc) is 2.62. The summed E-state index contributed by atoms with van der Waals surface area (Å²) in [6.45, 7) is 16.5. The van der Waals surface area contributed by atoms with Crippen molar-refractivity contribution in [2.45, 2.75) is 66.6 Å². The highest BCUT2D eigenvalue weighted by Crippen LogP contribution is 2.12. The monoisotopic (exact) mass is 392 g/mol. The average molecular weight is 393 g/mol. The molecule has 0 saturated carbocycles. The third-order valence-corrected chi connectivity index (χ3v) is 4.86. The van der Waals surface area contributed by atoms with E-state index in [9.17, 15) is 9.59 Å². The number of benzene rings is 1. The van der Waals surface area contributed by atoms with Gasteiger partial charge in [0, 0.05) is 5.56 Å². The summed E-state index contributed by atoms with van der Waals surface area (Å²) in [5, 5.41) is 5.86. The van der Waals surface area contributed by atoms with Gasteiger partial charge in [-0.3, -0.25) is 9.59 Å². The van der Waals surface area contributed by atoms with E-state index in [4.69, 9.17) is 4.74 Å². The first-order chi connectivity index (χ1) is 13.2. The smallest absolute Gasteiger partial charge is 0.251 e. The van der Waals surface area contributed by atoms with Crippen molar-refractivity contribution >= 4 is 11.8 Å². The minimum Gasteiger partial charge on any atom is -0.494 e. The van der Waals surface area contributed by atoms with Gasteiger partial charge in [0.05, 0.1) is 31.8 Å². The van der Waals surface area contributed by atoms with Gasteiger partial charge in [-0.05, 0) is 64.8 Å². The zero-order valence-electron chi connectivity index (χ0n) is 18.5. The van der Waals surface area contributed by atoms with Crippen LogP contribution in [0, 0.1) is 5.92 Å².